The van der Waals surface area contributed by atoms with E-state index < -0.39 is 0 Å². The first kappa shape index (κ1) is 14.6. The minimum Gasteiger partial charge on any atom is -0.324 e. The van der Waals surface area contributed by atoms with Crippen molar-refractivity contribution >= 4 is 23.3 Å². The SMILES string of the molecule is Cc1cc(Nc2nc(Nc3ccccc3)nc3c2CCNC3)n[nH]1. The Kier molecular flexibility index (Phi) is 3.84. The van der Waals surface area contributed by atoms with E-state index in [0.29, 0.717) is 5.95 Å². The maximum Gasteiger partial charge on any atom is 0.229 e. The molecule has 0 fully saturated rings. The minimum atomic E-state index is 0.582. The molecule has 4 rings (SSSR count). The quantitative estimate of drug-likeness (QED) is 0.590. The van der Waals surface area contributed by atoms with E-state index in [-0.39, 0.29) is 0 Å². The van der Waals surface area contributed by atoms with Crippen LogP contribution in [0.4, 0.5) is 23.3 Å². The summed E-state index contributed by atoms with van der Waals surface area (Å²) in [6.45, 7) is 3.64. The highest BCUT2D eigenvalue weighted by molar-refractivity contribution is 5.62. The summed E-state index contributed by atoms with van der Waals surface area (Å²) in [4.78, 5) is 9.33. The summed E-state index contributed by atoms with van der Waals surface area (Å²) in [5, 5.41) is 17.1. The number of rotatable bonds is 4. The third-order valence-electron chi connectivity index (χ3n) is 3.92. The number of aryl methyl sites for hydroxylation is 1. The van der Waals surface area contributed by atoms with Gasteiger partial charge < -0.3 is 16.0 Å². The second kappa shape index (κ2) is 6.29. The van der Waals surface area contributed by atoms with Crippen molar-refractivity contribution in [2.45, 2.75) is 19.9 Å². The van der Waals surface area contributed by atoms with E-state index in [2.05, 4.69) is 36.1 Å². The predicted molar refractivity (Wildman–Crippen MR) is 93.8 cm³/mol. The molecule has 3 aromatic rings. The topological polar surface area (TPSA) is 90.6 Å². The molecule has 7 nitrogen and oxygen atoms in total. The van der Waals surface area contributed by atoms with Crippen molar-refractivity contribution in [3.63, 3.8) is 0 Å². The highest BCUT2D eigenvalue weighted by Crippen LogP contribution is 2.25. The molecule has 4 N–H and O–H groups in total. The number of aromatic nitrogens is 4. The predicted octanol–water partition coefficient (Wildman–Crippen LogP) is 2.64. The van der Waals surface area contributed by atoms with Gasteiger partial charge >= 0.3 is 0 Å². The molecule has 122 valence electrons. The van der Waals surface area contributed by atoms with Crippen molar-refractivity contribution in [2.24, 2.45) is 0 Å². The van der Waals surface area contributed by atoms with Gasteiger partial charge in [-0.25, -0.2) is 4.98 Å². The van der Waals surface area contributed by atoms with Crippen LogP contribution in [0.25, 0.3) is 0 Å². The van der Waals surface area contributed by atoms with E-state index in [0.717, 1.165) is 53.8 Å². The molecule has 7 heteroatoms. The summed E-state index contributed by atoms with van der Waals surface area (Å²) in [6.07, 6.45) is 0.896. The summed E-state index contributed by atoms with van der Waals surface area (Å²) in [5.41, 5.74) is 4.13. The monoisotopic (exact) mass is 321 g/mol. The van der Waals surface area contributed by atoms with Crippen molar-refractivity contribution in [3.05, 3.63) is 53.3 Å². The van der Waals surface area contributed by atoms with Gasteiger partial charge in [0.05, 0.1) is 5.69 Å². The molecule has 0 bridgehead atoms. The standard InChI is InChI=1S/C17H19N7/c1-11-9-15(24-23-11)21-16-13-7-8-18-10-14(13)20-17(22-16)19-12-5-3-2-4-6-12/h2-6,9,18H,7-8,10H2,1H3,(H3,19,20,21,22,23,24). The van der Waals surface area contributed by atoms with Gasteiger partial charge in [0.15, 0.2) is 5.82 Å². The van der Waals surface area contributed by atoms with Gasteiger partial charge in [0.25, 0.3) is 0 Å². The number of aromatic amines is 1. The number of H-pyrrole nitrogens is 1. The third kappa shape index (κ3) is 3.07. The molecule has 3 heterocycles. The molecule has 2 aromatic heterocycles. The highest BCUT2D eigenvalue weighted by Gasteiger charge is 2.18. The average molecular weight is 321 g/mol. The molecular weight excluding hydrogens is 302 g/mol. The van der Waals surface area contributed by atoms with Gasteiger partial charge in [0.2, 0.25) is 5.95 Å². The second-order valence-electron chi connectivity index (χ2n) is 5.80. The van der Waals surface area contributed by atoms with Gasteiger partial charge in [-0.2, -0.15) is 10.1 Å². The second-order valence-corrected chi connectivity index (χ2v) is 5.80. The lowest BCUT2D eigenvalue weighted by Crippen LogP contribution is -2.26. The number of nitrogens with one attached hydrogen (secondary N) is 4. The zero-order valence-electron chi connectivity index (χ0n) is 13.4. The van der Waals surface area contributed by atoms with Crippen molar-refractivity contribution in [1.29, 1.82) is 0 Å². The summed E-state index contributed by atoms with van der Waals surface area (Å²) in [7, 11) is 0. The lowest BCUT2D eigenvalue weighted by atomic mass is 10.1. The molecule has 1 aliphatic rings. The number of hydrogen-bond donors (Lipinski definition) is 4. The minimum absolute atomic E-state index is 0.582. The summed E-state index contributed by atoms with van der Waals surface area (Å²) in [5.74, 6) is 2.16. The van der Waals surface area contributed by atoms with Crippen LogP contribution in [-0.4, -0.2) is 26.7 Å². The molecule has 0 spiro atoms. The Morgan fingerprint density at radius 2 is 1.96 bits per heavy atom. The zero-order chi connectivity index (χ0) is 16.4. The van der Waals surface area contributed by atoms with Crippen molar-refractivity contribution in [1.82, 2.24) is 25.5 Å². The maximum atomic E-state index is 4.67. The van der Waals surface area contributed by atoms with Gasteiger partial charge in [-0.1, -0.05) is 18.2 Å². The fraction of sp³-hybridized carbons (Fsp3) is 0.235. The molecule has 0 radical (unpaired) electrons. The van der Waals surface area contributed by atoms with E-state index in [9.17, 15) is 0 Å². The van der Waals surface area contributed by atoms with E-state index in [1.165, 1.54) is 0 Å². The number of para-hydroxylation sites is 1. The van der Waals surface area contributed by atoms with Crippen molar-refractivity contribution in [2.75, 3.05) is 17.2 Å². The zero-order valence-corrected chi connectivity index (χ0v) is 13.4. The molecule has 0 saturated heterocycles. The van der Waals surface area contributed by atoms with Crippen LogP contribution in [0.15, 0.2) is 36.4 Å². The van der Waals surface area contributed by atoms with Gasteiger partial charge in [-0.05, 0) is 32.0 Å². The molecule has 0 unspecified atom stereocenters. The summed E-state index contributed by atoms with van der Waals surface area (Å²) in [6, 6.07) is 11.9. The molecule has 0 aliphatic carbocycles. The fourth-order valence-electron chi connectivity index (χ4n) is 2.77. The van der Waals surface area contributed by atoms with Crippen LogP contribution in [0.3, 0.4) is 0 Å². The lowest BCUT2D eigenvalue weighted by molar-refractivity contribution is 0.626. The van der Waals surface area contributed by atoms with Gasteiger partial charge in [0, 0.05) is 29.6 Å². The van der Waals surface area contributed by atoms with Crippen LogP contribution in [-0.2, 0) is 13.0 Å². The lowest BCUT2D eigenvalue weighted by Gasteiger charge is -2.20. The van der Waals surface area contributed by atoms with E-state index in [4.69, 9.17) is 0 Å². The summed E-state index contributed by atoms with van der Waals surface area (Å²) < 4.78 is 0. The first-order chi connectivity index (χ1) is 11.8. The third-order valence-corrected chi connectivity index (χ3v) is 3.92. The Balaban J connectivity index is 1.69. The molecule has 0 amide bonds. The van der Waals surface area contributed by atoms with E-state index >= 15 is 0 Å². The number of fused-ring (bicyclic) bond motifs is 1. The molecular formula is C17H19N7. The molecule has 0 saturated carbocycles. The Labute approximate surface area is 139 Å². The fourth-order valence-corrected chi connectivity index (χ4v) is 2.77. The maximum absolute atomic E-state index is 4.67. The summed E-state index contributed by atoms with van der Waals surface area (Å²) >= 11 is 0. The molecule has 1 aromatic carbocycles. The van der Waals surface area contributed by atoms with Crippen LogP contribution in [0.5, 0.6) is 0 Å². The Morgan fingerprint density at radius 3 is 2.75 bits per heavy atom. The number of nitrogens with zero attached hydrogens (tertiary/aromatic N) is 3. The number of hydrogen-bond acceptors (Lipinski definition) is 6. The molecule has 1 aliphatic heterocycles. The van der Waals surface area contributed by atoms with Crippen molar-refractivity contribution in [3.8, 4) is 0 Å². The Hall–Kier alpha value is -2.93. The first-order valence-corrected chi connectivity index (χ1v) is 7.99. The van der Waals surface area contributed by atoms with Gasteiger partial charge in [-0.3, -0.25) is 5.10 Å². The van der Waals surface area contributed by atoms with Crippen LogP contribution >= 0.6 is 0 Å². The van der Waals surface area contributed by atoms with Crippen LogP contribution in [0.2, 0.25) is 0 Å². The Morgan fingerprint density at radius 1 is 1.08 bits per heavy atom. The molecule has 0 atom stereocenters. The van der Waals surface area contributed by atoms with E-state index in [1.807, 2.05) is 43.3 Å². The van der Waals surface area contributed by atoms with Gasteiger partial charge in [-0.15, -0.1) is 0 Å². The van der Waals surface area contributed by atoms with Crippen molar-refractivity contribution < 1.29 is 0 Å². The van der Waals surface area contributed by atoms with Crippen LogP contribution in [0.1, 0.15) is 17.0 Å². The number of benzene rings is 1. The normalized spacial score (nSPS) is 13.4. The number of anilines is 4. The smallest absolute Gasteiger partial charge is 0.229 e. The van der Waals surface area contributed by atoms with E-state index in [1.54, 1.807) is 0 Å². The molecule has 24 heavy (non-hydrogen) atoms. The Bertz CT molecular complexity index is 841. The van der Waals surface area contributed by atoms with Crippen LogP contribution < -0.4 is 16.0 Å². The average Bonchev–Trinajstić information content (AvgIpc) is 3.01. The van der Waals surface area contributed by atoms with Gasteiger partial charge in [0.1, 0.15) is 5.82 Å². The van der Waals surface area contributed by atoms with Crippen LogP contribution in [0, 0.1) is 6.92 Å². The highest BCUT2D eigenvalue weighted by atomic mass is 15.2. The largest absolute Gasteiger partial charge is 0.324 e. The first-order valence-electron chi connectivity index (χ1n) is 7.99.